The second kappa shape index (κ2) is 9.99. The van der Waals surface area contributed by atoms with Gasteiger partial charge in [-0.15, -0.1) is 0 Å². The van der Waals surface area contributed by atoms with Gasteiger partial charge in [-0.05, 0) is 111 Å². The van der Waals surface area contributed by atoms with Gasteiger partial charge in [0.05, 0.1) is 5.56 Å². The molecule has 4 aliphatic rings. The molecule has 0 radical (unpaired) electrons. The van der Waals surface area contributed by atoms with Crippen LogP contribution < -0.4 is 0 Å². The summed E-state index contributed by atoms with van der Waals surface area (Å²) in [6.07, 6.45) is 19.4. The molecular formula is C34H46O2. The highest BCUT2D eigenvalue weighted by Gasteiger charge is 2.59. The Hall–Kier alpha value is -2.09. The molecule has 0 aromatic heterocycles. The van der Waals surface area contributed by atoms with Crippen LogP contribution in [0, 0.1) is 40.4 Å². The number of esters is 1. The first-order valence-electron chi connectivity index (χ1n) is 14.5. The van der Waals surface area contributed by atoms with Gasteiger partial charge >= 0.3 is 5.97 Å². The molecule has 0 N–H and O–H groups in total. The Labute approximate surface area is 219 Å². The van der Waals surface area contributed by atoms with E-state index < -0.39 is 0 Å². The van der Waals surface area contributed by atoms with Crippen LogP contribution >= 0.6 is 0 Å². The van der Waals surface area contributed by atoms with Crippen molar-refractivity contribution >= 4 is 5.97 Å². The molecule has 3 fully saturated rings. The molecule has 0 amide bonds. The summed E-state index contributed by atoms with van der Waals surface area (Å²) < 4.78 is 5.99. The maximum absolute atomic E-state index is 12.7. The third-order valence-electron chi connectivity index (χ3n) is 10.9. The topological polar surface area (TPSA) is 26.3 Å². The minimum Gasteiger partial charge on any atom is -0.458 e. The lowest BCUT2D eigenvalue weighted by Gasteiger charge is -2.58. The van der Waals surface area contributed by atoms with Crippen molar-refractivity contribution in [1.82, 2.24) is 0 Å². The number of carbonyl (C=O) groups is 1. The van der Waals surface area contributed by atoms with E-state index in [4.69, 9.17) is 4.74 Å². The normalized spacial score (nSPS) is 38.4. The molecule has 36 heavy (non-hydrogen) atoms. The SMILES string of the molecule is CC(C)=C/C=C/[C@@H](C)[C@H]1CC[C@H]2[C@@H]3CC=C4C[C@@H](OC(=O)c5ccccc5)CC[C@]4(C)[C@H]3CC[C@]12C. The summed E-state index contributed by atoms with van der Waals surface area (Å²) in [5.41, 5.74) is 4.37. The van der Waals surface area contributed by atoms with Crippen molar-refractivity contribution in [3.8, 4) is 0 Å². The lowest BCUT2D eigenvalue weighted by atomic mass is 9.47. The lowest BCUT2D eigenvalue weighted by Crippen LogP contribution is -2.51. The molecule has 0 saturated heterocycles. The second-order valence-electron chi connectivity index (χ2n) is 13.1. The summed E-state index contributed by atoms with van der Waals surface area (Å²) in [4.78, 5) is 12.7. The van der Waals surface area contributed by atoms with Crippen LogP contribution in [0.5, 0.6) is 0 Å². The maximum Gasteiger partial charge on any atom is 0.338 e. The highest BCUT2D eigenvalue weighted by molar-refractivity contribution is 5.89. The van der Waals surface area contributed by atoms with Crippen LogP contribution in [0.2, 0.25) is 0 Å². The standard InChI is InChI=1S/C34H46O2/c1-23(2)10-9-11-24(3)29-16-17-30-28-15-14-26-22-27(36-32(35)25-12-7-6-8-13-25)18-20-33(26,4)31(28)19-21-34(29,30)5/h6-14,24,27-31H,15-22H2,1-5H3/b11-9+/t24-,27+,28+,29-,30+,31+,33+,34-/m1/s1. The summed E-state index contributed by atoms with van der Waals surface area (Å²) in [6.45, 7) is 12.0. The van der Waals surface area contributed by atoms with Gasteiger partial charge in [-0.1, -0.05) is 74.4 Å². The smallest absolute Gasteiger partial charge is 0.338 e. The Balaban J connectivity index is 1.29. The molecular weight excluding hydrogens is 440 g/mol. The summed E-state index contributed by atoms with van der Waals surface area (Å²) >= 11 is 0. The van der Waals surface area contributed by atoms with E-state index in [1.165, 1.54) is 37.7 Å². The van der Waals surface area contributed by atoms with Gasteiger partial charge in [0.15, 0.2) is 0 Å². The van der Waals surface area contributed by atoms with Crippen molar-refractivity contribution in [1.29, 1.82) is 0 Å². The number of fused-ring (bicyclic) bond motifs is 5. The monoisotopic (exact) mass is 486 g/mol. The first-order chi connectivity index (χ1) is 17.2. The molecule has 194 valence electrons. The zero-order valence-electron chi connectivity index (χ0n) is 23.1. The molecule has 0 bridgehead atoms. The molecule has 2 nitrogen and oxygen atoms in total. The second-order valence-corrected chi connectivity index (χ2v) is 13.1. The molecule has 5 rings (SSSR count). The number of hydrogen-bond acceptors (Lipinski definition) is 2. The Morgan fingerprint density at radius 2 is 1.81 bits per heavy atom. The van der Waals surface area contributed by atoms with Crippen LogP contribution in [0.25, 0.3) is 0 Å². The number of benzene rings is 1. The minimum absolute atomic E-state index is 0.0201. The molecule has 3 saturated carbocycles. The number of rotatable bonds is 5. The van der Waals surface area contributed by atoms with Gasteiger partial charge in [-0.2, -0.15) is 0 Å². The predicted molar refractivity (Wildman–Crippen MR) is 149 cm³/mol. The van der Waals surface area contributed by atoms with E-state index in [0.29, 0.717) is 16.9 Å². The van der Waals surface area contributed by atoms with Crippen LogP contribution in [0.1, 0.15) is 96.3 Å². The van der Waals surface area contributed by atoms with Crippen molar-refractivity contribution in [3.63, 3.8) is 0 Å². The number of allylic oxidation sites excluding steroid dienone is 5. The summed E-state index contributed by atoms with van der Waals surface area (Å²) in [6, 6.07) is 9.46. The third-order valence-corrected chi connectivity index (χ3v) is 10.9. The Bertz CT molecular complexity index is 1040. The largest absolute Gasteiger partial charge is 0.458 e. The molecule has 1 aromatic carbocycles. The lowest BCUT2D eigenvalue weighted by molar-refractivity contribution is -0.0565. The van der Waals surface area contributed by atoms with Gasteiger partial charge in [0.2, 0.25) is 0 Å². The quantitative estimate of drug-likeness (QED) is 0.236. The molecule has 0 unspecified atom stereocenters. The molecule has 0 spiro atoms. The molecule has 8 atom stereocenters. The van der Waals surface area contributed by atoms with Crippen LogP contribution in [0.15, 0.2) is 65.8 Å². The van der Waals surface area contributed by atoms with E-state index in [1.54, 1.807) is 5.57 Å². The van der Waals surface area contributed by atoms with Gasteiger partial charge in [-0.3, -0.25) is 0 Å². The summed E-state index contributed by atoms with van der Waals surface area (Å²) in [7, 11) is 0. The van der Waals surface area contributed by atoms with E-state index in [2.05, 4.69) is 58.9 Å². The summed E-state index contributed by atoms with van der Waals surface area (Å²) in [5, 5.41) is 0. The van der Waals surface area contributed by atoms with Crippen molar-refractivity contribution in [2.24, 2.45) is 40.4 Å². The van der Waals surface area contributed by atoms with Crippen molar-refractivity contribution in [2.45, 2.75) is 92.1 Å². The van der Waals surface area contributed by atoms with Crippen molar-refractivity contribution < 1.29 is 9.53 Å². The average Bonchev–Trinajstić information content (AvgIpc) is 3.22. The van der Waals surface area contributed by atoms with Gasteiger partial charge in [0.1, 0.15) is 6.10 Å². The fourth-order valence-corrected chi connectivity index (χ4v) is 8.98. The van der Waals surface area contributed by atoms with Crippen LogP contribution in [0.3, 0.4) is 0 Å². The van der Waals surface area contributed by atoms with E-state index in [-0.39, 0.29) is 17.5 Å². The Morgan fingerprint density at radius 1 is 1.03 bits per heavy atom. The number of hydrogen-bond donors (Lipinski definition) is 0. The fraction of sp³-hybridized carbons (Fsp3) is 0.618. The van der Waals surface area contributed by atoms with Gasteiger partial charge in [-0.25, -0.2) is 4.79 Å². The maximum atomic E-state index is 12.7. The third kappa shape index (κ3) is 4.54. The van der Waals surface area contributed by atoms with Crippen molar-refractivity contribution in [2.75, 3.05) is 0 Å². The van der Waals surface area contributed by atoms with Crippen molar-refractivity contribution in [3.05, 3.63) is 71.3 Å². The minimum atomic E-state index is -0.170. The van der Waals surface area contributed by atoms with E-state index >= 15 is 0 Å². The first kappa shape index (κ1) is 25.6. The molecule has 4 aliphatic carbocycles. The Morgan fingerprint density at radius 3 is 2.56 bits per heavy atom. The van der Waals surface area contributed by atoms with E-state index in [9.17, 15) is 4.79 Å². The van der Waals surface area contributed by atoms with Crippen LogP contribution in [-0.4, -0.2) is 12.1 Å². The zero-order valence-corrected chi connectivity index (χ0v) is 23.1. The van der Waals surface area contributed by atoms with E-state index in [1.807, 2.05) is 30.3 Å². The van der Waals surface area contributed by atoms with Gasteiger partial charge in [0.25, 0.3) is 0 Å². The molecule has 0 heterocycles. The molecule has 1 aromatic rings. The van der Waals surface area contributed by atoms with E-state index in [0.717, 1.165) is 42.9 Å². The first-order valence-corrected chi connectivity index (χ1v) is 14.5. The molecule has 2 heteroatoms. The fourth-order valence-electron chi connectivity index (χ4n) is 8.98. The van der Waals surface area contributed by atoms with Gasteiger partial charge in [0, 0.05) is 6.42 Å². The average molecular weight is 487 g/mol. The van der Waals surface area contributed by atoms with Gasteiger partial charge < -0.3 is 4.74 Å². The summed E-state index contributed by atoms with van der Waals surface area (Å²) in [5.74, 6) is 3.74. The highest BCUT2D eigenvalue weighted by atomic mass is 16.5. The number of carbonyl (C=O) groups excluding carboxylic acids is 1. The highest BCUT2D eigenvalue weighted by Crippen LogP contribution is 2.67. The van der Waals surface area contributed by atoms with Crippen LogP contribution in [-0.2, 0) is 4.74 Å². The number of ether oxygens (including phenoxy) is 1. The van der Waals surface area contributed by atoms with Crippen LogP contribution in [0.4, 0.5) is 0 Å². The molecule has 0 aliphatic heterocycles. The zero-order chi connectivity index (χ0) is 25.5. The predicted octanol–water partition coefficient (Wildman–Crippen LogP) is 8.95. The Kier molecular flexibility index (Phi) is 7.09.